The second kappa shape index (κ2) is 7.53. The van der Waals surface area contributed by atoms with Crippen molar-refractivity contribution in [1.29, 1.82) is 5.26 Å². The molecule has 0 spiro atoms. The number of nitrogens with zero attached hydrogens (tertiary/aromatic N) is 1. The van der Waals surface area contributed by atoms with Gasteiger partial charge in [-0.05, 0) is 25.1 Å². The van der Waals surface area contributed by atoms with Gasteiger partial charge < -0.3 is 9.84 Å². The molecule has 0 saturated carbocycles. The molecular formula is C14H16N2O4S. The number of benzene rings is 1. The van der Waals surface area contributed by atoms with Crippen LogP contribution < -0.4 is 9.46 Å². The van der Waals surface area contributed by atoms with Crippen molar-refractivity contribution >= 4 is 15.7 Å². The number of ether oxygens (including phenoxy) is 1. The van der Waals surface area contributed by atoms with E-state index in [2.05, 4.69) is 16.6 Å². The number of hydrogen-bond acceptors (Lipinski definition) is 5. The van der Waals surface area contributed by atoms with E-state index in [-0.39, 0.29) is 12.3 Å². The van der Waals surface area contributed by atoms with E-state index in [0.29, 0.717) is 17.7 Å². The minimum absolute atomic E-state index is 0.0394. The Morgan fingerprint density at radius 2 is 2.19 bits per heavy atom. The molecule has 7 heteroatoms. The van der Waals surface area contributed by atoms with E-state index < -0.39 is 15.3 Å². The fourth-order valence-corrected chi connectivity index (χ4v) is 2.18. The van der Waals surface area contributed by atoms with Crippen LogP contribution in [0, 0.1) is 23.2 Å². The van der Waals surface area contributed by atoms with Crippen LogP contribution in [0.3, 0.4) is 0 Å². The molecule has 1 aromatic rings. The number of aliphatic hydroxyl groups is 1. The lowest BCUT2D eigenvalue weighted by molar-refractivity contribution is 0.305. The number of nitriles is 1. The highest BCUT2D eigenvalue weighted by molar-refractivity contribution is 7.93. The van der Waals surface area contributed by atoms with E-state index in [1.165, 1.54) is 20.1 Å². The smallest absolute Gasteiger partial charge is 0.248 e. The number of sulfonamides is 1. The Balaban J connectivity index is 3.14. The molecule has 0 radical (unpaired) electrons. The Bertz CT molecular complexity index is 696. The minimum atomic E-state index is -3.82. The maximum Gasteiger partial charge on any atom is 0.248 e. The molecule has 112 valence electrons. The maximum atomic E-state index is 11.9. The second-order valence-electron chi connectivity index (χ2n) is 4.11. The Morgan fingerprint density at radius 3 is 2.76 bits per heavy atom. The third kappa shape index (κ3) is 4.67. The fourth-order valence-electron chi connectivity index (χ4n) is 1.40. The third-order valence-electron chi connectivity index (χ3n) is 2.57. The minimum Gasteiger partial charge on any atom is -0.495 e. The number of rotatable bonds is 5. The fraction of sp³-hybridized carbons (Fsp3) is 0.357. The van der Waals surface area contributed by atoms with Crippen molar-refractivity contribution in [3.05, 3.63) is 23.8 Å². The Kier molecular flexibility index (Phi) is 6.04. The van der Waals surface area contributed by atoms with Gasteiger partial charge in [-0.15, -0.1) is 0 Å². The lowest BCUT2D eigenvalue weighted by Gasteiger charge is -2.13. The average molecular weight is 308 g/mol. The van der Waals surface area contributed by atoms with Gasteiger partial charge in [0.2, 0.25) is 10.0 Å². The first-order valence-electron chi connectivity index (χ1n) is 6.13. The molecular weight excluding hydrogens is 292 g/mol. The number of methoxy groups -OCH3 is 1. The van der Waals surface area contributed by atoms with Crippen molar-refractivity contribution in [2.45, 2.75) is 18.6 Å². The van der Waals surface area contributed by atoms with E-state index in [4.69, 9.17) is 15.1 Å². The van der Waals surface area contributed by atoms with Gasteiger partial charge in [0.05, 0.1) is 25.5 Å². The van der Waals surface area contributed by atoms with E-state index >= 15 is 0 Å². The second-order valence-corrected chi connectivity index (χ2v) is 6.11. The molecule has 1 unspecified atom stereocenters. The summed E-state index contributed by atoms with van der Waals surface area (Å²) in [6, 6.07) is 6.45. The van der Waals surface area contributed by atoms with E-state index in [1.807, 2.05) is 0 Å². The lowest BCUT2D eigenvalue weighted by Crippen LogP contribution is -2.24. The quantitative estimate of drug-likeness (QED) is 0.793. The third-order valence-corrected chi connectivity index (χ3v) is 4.11. The first kappa shape index (κ1) is 16.8. The molecule has 21 heavy (non-hydrogen) atoms. The van der Waals surface area contributed by atoms with Gasteiger partial charge >= 0.3 is 0 Å². The Morgan fingerprint density at radius 1 is 1.48 bits per heavy atom. The standard InChI is InChI=1S/C14H16N2O4S/c1-11(10-15)21(18,19)16-13-9-12(5-3-4-8-17)6-7-14(13)20-2/h6-7,9,11,16-17H,4,8H2,1-2H3. The molecule has 0 fully saturated rings. The molecule has 0 heterocycles. The monoisotopic (exact) mass is 308 g/mol. The number of nitrogens with one attached hydrogen (secondary N) is 1. The summed E-state index contributed by atoms with van der Waals surface area (Å²) in [6.45, 7) is 1.25. The Hall–Kier alpha value is -2.22. The summed E-state index contributed by atoms with van der Waals surface area (Å²) in [6.07, 6.45) is 0.332. The highest BCUT2D eigenvalue weighted by Crippen LogP contribution is 2.26. The molecule has 1 rings (SSSR count). The van der Waals surface area contributed by atoms with Crippen molar-refractivity contribution < 1.29 is 18.3 Å². The highest BCUT2D eigenvalue weighted by atomic mass is 32.2. The van der Waals surface area contributed by atoms with Gasteiger partial charge in [-0.2, -0.15) is 5.26 Å². The van der Waals surface area contributed by atoms with Crippen molar-refractivity contribution in [1.82, 2.24) is 0 Å². The molecule has 0 aromatic heterocycles. The van der Waals surface area contributed by atoms with Crippen LogP contribution in [-0.4, -0.2) is 32.5 Å². The molecule has 0 amide bonds. The summed E-state index contributed by atoms with van der Waals surface area (Å²) in [5.74, 6) is 5.87. The van der Waals surface area contributed by atoms with Crippen molar-refractivity contribution in [2.75, 3.05) is 18.4 Å². The number of aliphatic hydroxyl groups excluding tert-OH is 1. The summed E-state index contributed by atoms with van der Waals surface area (Å²) in [5.41, 5.74) is 0.793. The van der Waals surface area contributed by atoms with Crippen LogP contribution in [0.2, 0.25) is 0 Å². The van der Waals surface area contributed by atoms with E-state index in [0.717, 1.165) is 0 Å². The SMILES string of the molecule is COc1ccc(C#CCCO)cc1NS(=O)(=O)C(C)C#N. The molecule has 0 aliphatic heterocycles. The van der Waals surface area contributed by atoms with Gasteiger partial charge in [0.15, 0.2) is 5.25 Å². The topological polar surface area (TPSA) is 99.4 Å². The van der Waals surface area contributed by atoms with Crippen molar-refractivity contribution in [3.8, 4) is 23.7 Å². The van der Waals surface area contributed by atoms with Gasteiger partial charge in [-0.1, -0.05) is 11.8 Å². The van der Waals surface area contributed by atoms with Gasteiger partial charge in [0, 0.05) is 12.0 Å². The van der Waals surface area contributed by atoms with Gasteiger partial charge in [-0.3, -0.25) is 4.72 Å². The molecule has 0 bridgehead atoms. The molecule has 6 nitrogen and oxygen atoms in total. The maximum absolute atomic E-state index is 11.9. The van der Waals surface area contributed by atoms with Crippen molar-refractivity contribution in [3.63, 3.8) is 0 Å². The largest absolute Gasteiger partial charge is 0.495 e. The molecule has 1 aromatic carbocycles. The van der Waals surface area contributed by atoms with Gasteiger partial charge in [0.25, 0.3) is 0 Å². The highest BCUT2D eigenvalue weighted by Gasteiger charge is 2.21. The van der Waals surface area contributed by atoms with Crippen LogP contribution in [-0.2, 0) is 10.0 Å². The van der Waals surface area contributed by atoms with Crippen LogP contribution in [0.5, 0.6) is 5.75 Å². The lowest BCUT2D eigenvalue weighted by atomic mass is 10.2. The zero-order valence-electron chi connectivity index (χ0n) is 11.8. The molecule has 0 saturated heterocycles. The summed E-state index contributed by atoms with van der Waals surface area (Å²) in [7, 11) is -2.40. The van der Waals surface area contributed by atoms with Crippen LogP contribution in [0.4, 0.5) is 5.69 Å². The summed E-state index contributed by atoms with van der Waals surface area (Å²) >= 11 is 0. The van der Waals surface area contributed by atoms with Crippen LogP contribution in [0.25, 0.3) is 0 Å². The molecule has 0 aliphatic carbocycles. The molecule has 0 aliphatic rings. The summed E-state index contributed by atoms with van der Waals surface area (Å²) in [5, 5.41) is 16.2. The predicted molar refractivity (Wildman–Crippen MR) is 79.2 cm³/mol. The Labute approximate surface area is 124 Å². The molecule has 2 N–H and O–H groups in total. The first-order chi connectivity index (χ1) is 9.94. The van der Waals surface area contributed by atoms with E-state index in [9.17, 15) is 8.42 Å². The normalized spacial score (nSPS) is 11.7. The van der Waals surface area contributed by atoms with Crippen molar-refractivity contribution in [2.24, 2.45) is 0 Å². The summed E-state index contributed by atoms with van der Waals surface area (Å²) in [4.78, 5) is 0. The van der Waals surface area contributed by atoms with Gasteiger partial charge in [-0.25, -0.2) is 8.42 Å². The van der Waals surface area contributed by atoms with Crippen LogP contribution in [0.15, 0.2) is 18.2 Å². The first-order valence-corrected chi connectivity index (χ1v) is 7.68. The van der Waals surface area contributed by atoms with E-state index in [1.54, 1.807) is 18.2 Å². The number of hydrogen-bond donors (Lipinski definition) is 2. The van der Waals surface area contributed by atoms with Crippen LogP contribution in [0.1, 0.15) is 18.9 Å². The predicted octanol–water partition coefficient (Wildman–Crippen LogP) is 1.08. The van der Waals surface area contributed by atoms with Crippen LogP contribution >= 0.6 is 0 Å². The number of anilines is 1. The zero-order valence-corrected chi connectivity index (χ0v) is 12.6. The van der Waals surface area contributed by atoms with Gasteiger partial charge in [0.1, 0.15) is 5.75 Å². The molecule has 1 atom stereocenters. The zero-order chi connectivity index (χ0) is 15.9. The summed E-state index contributed by atoms with van der Waals surface area (Å²) < 4.78 is 31.2. The average Bonchev–Trinajstić information content (AvgIpc) is 2.46.